The molecule has 6 nitrogen and oxygen atoms in total. The molecule has 2 aromatic rings. The van der Waals surface area contributed by atoms with Crippen molar-refractivity contribution in [1.82, 2.24) is 9.80 Å². The Kier molecular flexibility index (Phi) is 6.29. The fourth-order valence-corrected chi connectivity index (χ4v) is 4.27. The number of allylic oxidation sites excluding steroid dienone is 1. The van der Waals surface area contributed by atoms with Gasteiger partial charge in [-0.15, -0.1) is 0 Å². The molecule has 164 valence electrons. The largest absolute Gasteiger partial charge is 0.507 e. The lowest BCUT2D eigenvalue weighted by Crippen LogP contribution is -2.46. The standard InChI is InChI=1S/C23H24ClFN2O4/c1-14-11-19(29)16(13-27-7-5-26(6-8-27)9-10-28)23-21(14)22(30)20(31-23)12-15-17(24)3-2-4-18(15)25/h2-4,11-12,28-29H,5-10,13H2,1H3/b20-12-. The number of carbonyl (C=O) groups excluding carboxylic acids is 1. The molecule has 1 saturated heterocycles. The van der Waals surface area contributed by atoms with Crippen molar-refractivity contribution in [3.63, 3.8) is 0 Å². The van der Waals surface area contributed by atoms with E-state index in [4.69, 9.17) is 21.4 Å². The van der Waals surface area contributed by atoms with E-state index >= 15 is 0 Å². The van der Waals surface area contributed by atoms with Crippen molar-refractivity contribution in [3.8, 4) is 11.5 Å². The quantitative estimate of drug-likeness (QED) is 0.687. The third-order valence-electron chi connectivity index (χ3n) is 5.76. The zero-order valence-corrected chi connectivity index (χ0v) is 18.0. The molecule has 2 heterocycles. The SMILES string of the molecule is Cc1cc(O)c(CN2CCN(CCO)CC2)c2c1C(=O)/C(=C/c1c(F)cccc1Cl)O2. The zero-order valence-electron chi connectivity index (χ0n) is 17.2. The van der Waals surface area contributed by atoms with Crippen molar-refractivity contribution in [2.75, 3.05) is 39.3 Å². The second kappa shape index (κ2) is 8.96. The Labute approximate surface area is 185 Å². The molecule has 8 heteroatoms. The van der Waals surface area contributed by atoms with Gasteiger partial charge >= 0.3 is 0 Å². The van der Waals surface area contributed by atoms with Crippen LogP contribution in [-0.2, 0) is 6.54 Å². The number of aliphatic hydroxyl groups is 1. The Hall–Kier alpha value is -2.45. The molecule has 0 saturated carbocycles. The summed E-state index contributed by atoms with van der Waals surface area (Å²) in [6, 6.07) is 5.87. The molecule has 0 radical (unpaired) electrons. The predicted molar refractivity (Wildman–Crippen MR) is 116 cm³/mol. The summed E-state index contributed by atoms with van der Waals surface area (Å²) >= 11 is 6.10. The molecule has 0 atom stereocenters. The van der Waals surface area contributed by atoms with E-state index in [9.17, 15) is 14.3 Å². The maximum Gasteiger partial charge on any atom is 0.232 e. The number of hydrogen-bond acceptors (Lipinski definition) is 6. The molecule has 2 aliphatic heterocycles. The van der Waals surface area contributed by atoms with Crippen LogP contribution in [-0.4, -0.2) is 65.1 Å². The van der Waals surface area contributed by atoms with Crippen molar-refractivity contribution in [3.05, 3.63) is 63.1 Å². The number of carbonyl (C=O) groups is 1. The van der Waals surface area contributed by atoms with Gasteiger partial charge in [0.2, 0.25) is 5.78 Å². The molecule has 0 unspecified atom stereocenters. The highest BCUT2D eigenvalue weighted by molar-refractivity contribution is 6.32. The van der Waals surface area contributed by atoms with E-state index in [0.717, 1.165) is 26.2 Å². The van der Waals surface area contributed by atoms with Crippen LogP contribution in [0.2, 0.25) is 5.02 Å². The van der Waals surface area contributed by atoms with Crippen molar-refractivity contribution in [1.29, 1.82) is 0 Å². The predicted octanol–water partition coefficient (Wildman–Crippen LogP) is 3.22. The summed E-state index contributed by atoms with van der Waals surface area (Å²) in [5, 5.41) is 19.9. The van der Waals surface area contributed by atoms with Crippen molar-refractivity contribution >= 4 is 23.5 Å². The monoisotopic (exact) mass is 446 g/mol. The van der Waals surface area contributed by atoms with Crippen LogP contribution in [0, 0.1) is 12.7 Å². The Balaban J connectivity index is 1.63. The molecule has 0 aliphatic carbocycles. The number of Topliss-reactive ketones (excluding diaryl/α,β-unsaturated/α-hetero) is 1. The van der Waals surface area contributed by atoms with Crippen molar-refractivity contribution in [2.24, 2.45) is 0 Å². The minimum absolute atomic E-state index is 0.0234. The lowest BCUT2D eigenvalue weighted by molar-refractivity contribution is 0.101. The van der Waals surface area contributed by atoms with Gasteiger partial charge in [0.05, 0.1) is 22.8 Å². The van der Waals surface area contributed by atoms with E-state index in [1.54, 1.807) is 19.1 Å². The van der Waals surface area contributed by atoms with Crippen LogP contribution >= 0.6 is 11.6 Å². The Morgan fingerprint density at radius 2 is 1.94 bits per heavy atom. The minimum Gasteiger partial charge on any atom is -0.507 e. The fraction of sp³-hybridized carbons (Fsp3) is 0.348. The number of benzene rings is 2. The summed E-state index contributed by atoms with van der Waals surface area (Å²) in [4.78, 5) is 17.4. The molecule has 0 amide bonds. The van der Waals surface area contributed by atoms with Crippen LogP contribution < -0.4 is 4.74 Å². The molecule has 31 heavy (non-hydrogen) atoms. The molecule has 2 aromatic carbocycles. The first-order valence-corrected chi connectivity index (χ1v) is 10.6. The van der Waals surface area contributed by atoms with Crippen LogP contribution in [0.15, 0.2) is 30.0 Å². The maximum atomic E-state index is 14.2. The zero-order chi connectivity index (χ0) is 22.1. The maximum absolute atomic E-state index is 14.2. The van der Waals surface area contributed by atoms with Crippen LogP contribution in [0.5, 0.6) is 11.5 Å². The van der Waals surface area contributed by atoms with Gasteiger partial charge in [0, 0.05) is 44.8 Å². The van der Waals surface area contributed by atoms with Gasteiger partial charge in [-0.05, 0) is 36.8 Å². The summed E-state index contributed by atoms with van der Waals surface area (Å²) < 4.78 is 20.1. The van der Waals surface area contributed by atoms with Gasteiger partial charge in [-0.1, -0.05) is 17.7 Å². The van der Waals surface area contributed by atoms with Crippen LogP contribution in [0.3, 0.4) is 0 Å². The Morgan fingerprint density at radius 1 is 1.23 bits per heavy atom. The minimum atomic E-state index is -0.548. The molecule has 0 spiro atoms. The summed E-state index contributed by atoms with van der Waals surface area (Å²) in [6.45, 7) is 6.08. The summed E-state index contributed by atoms with van der Waals surface area (Å²) in [5.41, 5.74) is 1.60. The third-order valence-corrected chi connectivity index (χ3v) is 6.09. The van der Waals surface area contributed by atoms with Gasteiger partial charge < -0.3 is 14.9 Å². The number of fused-ring (bicyclic) bond motifs is 1. The van der Waals surface area contributed by atoms with Gasteiger partial charge in [-0.3, -0.25) is 14.6 Å². The number of rotatable bonds is 5. The highest BCUT2D eigenvalue weighted by Gasteiger charge is 2.34. The second-order valence-electron chi connectivity index (χ2n) is 7.81. The molecule has 0 bridgehead atoms. The highest BCUT2D eigenvalue weighted by atomic mass is 35.5. The first-order chi connectivity index (χ1) is 14.9. The van der Waals surface area contributed by atoms with Crippen molar-refractivity contribution in [2.45, 2.75) is 13.5 Å². The highest BCUT2D eigenvalue weighted by Crippen LogP contribution is 2.42. The van der Waals surface area contributed by atoms with E-state index in [2.05, 4.69) is 9.80 Å². The number of β-amino-alcohol motifs (C(OH)–C–C–N with tert-alkyl or cyclic N) is 1. The Bertz CT molecular complexity index is 1030. The molecule has 2 N–H and O–H groups in total. The smallest absolute Gasteiger partial charge is 0.232 e. The van der Waals surface area contributed by atoms with E-state index < -0.39 is 5.82 Å². The third kappa shape index (κ3) is 4.32. The number of aliphatic hydroxyl groups excluding tert-OH is 1. The number of phenolic OH excluding ortho intramolecular Hbond substituents is 1. The van der Waals surface area contributed by atoms with Gasteiger partial charge in [0.25, 0.3) is 0 Å². The lowest BCUT2D eigenvalue weighted by atomic mass is 9.99. The van der Waals surface area contributed by atoms with Crippen molar-refractivity contribution < 1.29 is 24.1 Å². The molecular weight excluding hydrogens is 423 g/mol. The fourth-order valence-electron chi connectivity index (χ4n) is 4.05. The number of aryl methyl sites for hydroxylation is 1. The lowest BCUT2D eigenvalue weighted by Gasteiger charge is -2.34. The molecular formula is C23H24ClFN2O4. The van der Waals surface area contributed by atoms with Gasteiger partial charge in [-0.25, -0.2) is 4.39 Å². The number of ether oxygens (including phenoxy) is 1. The van der Waals surface area contributed by atoms with Crippen LogP contribution in [0.1, 0.15) is 27.0 Å². The van der Waals surface area contributed by atoms with Gasteiger partial charge in [0.1, 0.15) is 17.3 Å². The van der Waals surface area contributed by atoms with E-state index in [1.807, 2.05) is 0 Å². The second-order valence-corrected chi connectivity index (χ2v) is 8.22. The van der Waals surface area contributed by atoms with Gasteiger partial charge in [0.15, 0.2) is 5.76 Å². The summed E-state index contributed by atoms with van der Waals surface area (Å²) in [7, 11) is 0. The summed E-state index contributed by atoms with van der Waals surface area (Å²) in [6.07, 6.45) is 1.31. The van der Waals surface area contributed by atoms with Crippen LogP contribution in [0.4, 0.5) is 4.39 Å². The number of piperazine rings is 1. The van der Waals surface area contributed by atoms with E-state index in [0.29, 0.717) is 35.5 Å². The summed E-state index contributed by atoms with van der Waals surface area (Å²) in [5.74, 6) is -0.551. The normalized spacial score (nSPS) is 18.5. The average molecular weight is 447 g/mol. The molecule has 2 aliphatic rings. The molecule has 0 aromatic heterocycles. The molecule has 4 rings (SSSR count). The number of aromatic hydroxyl groups is 1. The number of ketones is 1. The van der Waals surface area contributed by atoms with Gasteiger partial charge in [-0.2, -0.15) is 0 Å². The average Bonchev–Trinajstić information content (AvgIpc) is 3.06. The first kappa shape index (κ1) is 21.8. The van der Waals surface area contributed by atoms with Crippen LogP contribution in [0.25, 0.3) is 6.08 Å². The van der Waals surface area contributed by atoms with E-state index in [1.165, 1.54) is 18.2 Å². The number of phenols is 1. The number of nitrogens with zero attached hydrogens (tertiary/aromatic N) is 2. The topological polar surface area (TPSA) is 73.2 Å². The number of halogens is 2. The molecule has 1 fully saturated rings. The number of hydrogen-bond donors (Lipinski definition) is 2. The Morgan fingerprint density at radius 3 is 2.61 bits per heavy atom. The first-order valence-electron chi connectivity index (χ1n) is 10.2. The van der Waals surface area contributed by atoms with E-state index in [-0.39, 0.29) is 34.5 Å².